The van der Waals surface area contributed by atoms with Crippen molar-refractivity contribution in [3.05, 3.63) is 48.0 Å². The first-order valence-corrected chi connectivity index (χ1v) is 8.03. The van der Waals surface area contributed by atoms with Gasteiger partial charge in [-0.15, -0.1) is 0 Å². The van der Waals surface area contributed by atoms with Crippen LogP contribution in [0.25, 0.3) is 0 Å². The van der Waals surface area contributed by atoms with E-state index in [1.165, 1.54) is 6.08 Å². The fraction of sp³-hybridized carbons (Fsp3) is 0.444. The molecule has 5 heteroatoms. The number of benzene rings is 1. The van der Waals surface area contributed by atoms with Gasteiger partial charge in [0, 0.05) is 18.7 Å². The highest BCUT2D eigenvalue weighted by Gasteiger charge is 2.29. The average Bonchev–Trinajstić information content (AvgIpc) is 2.58. The molecule has 0 aromatic heterocycles. The summed E-state index contributed by atoms with van der Waals surface area (Å²) in [6.45, 7) is 3.93. The summed E-state index contributed by atoms with van der Waals surface area (Å²) in [5.41, 5.74) is 0.451. The summed E-state index contributed by atoms with van der Waals surface area (Å²) < 4.78 is 0. The number of rotatable bonds is 6. The maximum absolute atomic E-state index is 12.4. The summed E-state index contributed by atoms with van der Waals surface area (Å²) in [4.78, 5) is 23.7. The third-order valence-electron chi connectivity index (χ3n) is 4.26. The molecule has 2 amide bonds. The van der Waals surface area contributed by atoms with Gasteiger partial charge in [0.25, 0.3) is 5.91 Å². The zero-order valence-corrected chi connectivity index (χ0v) is 13.3. The molecule has 1 fully saturated rings. The van der Waals surface area contributed by atoms with Crippen LogP contribution in [0, 0.1) is 0 Å². The van der Waals surface area contributed by atoms with Crippen molar-refractivity contribution in [1.29, 1.82) is 0 Å². The molecule has 1 aromatic carbocycles. The molecule has 0 spiro atoms. The Bertz CT molecular complexity index is 577. The van der Waals surface area contributed by atoms with Gasteiger partial charge < -0.3 is 15.7 Å². The summed E-state index contributed by atoms with van der Waals surface area (Å²) in [6.07, 6.45) is 5.78. The van der Waals surface area contributed by atoms with E-state index in [9.17, 15) is 14.7 Å². The lowest BCUT2D eigenvalue weighted by atomic mass is 9.85. The van der Waals surface area contributed by atoms with Gasteiger partial charge in [-0.1, -0.05) is 44.0 Å². The Labute approximate surface area is 136 Å². The molecule has 0 radical (unpaired) electrons. The zero-order valence-electron chi connectivity index (χ0n) is 13.3. The van der Waals surface area contributed by atoms with Crippen molar-refractivity contribution in [2.75, 3.05) is 6.54 Å². The van der Waals surface area contributed by atoms with Crippen LogP contribution in [0.1, 0.15) is 48.0 Å². The van der Waals surface area contributed by atoms with E-state index >= 15 is 0 Å². The van der Waals surface area contributed by atoms with E-state index in [1.807, 2.05) is 6.07 Å². The number of carbonyl (C=O) groups excluding carboxylic acids is 2. The molecule has 0 heterocycles. The SMILES string of the molecule is C=CC(=O)NCc1ccccc1C(=O)NCC1(O)CCCCC1. The van der Waals surface area contributed by atoms with Gasteiger partial charge >= 0.3 is 0 Å². The van der Waals surface area contributed by atoms with Gasteiger partial charge in [0.05, 0.1) is 5.60 Å². The smallest absolute Gasteiger partial charge is 0.251 e. The van der Waals surface area contributed by atoms with Crippen LogP contribution in [-0.2, 0) is 11.3 Å². The first-order valence-electron chi connectivity index (χ1n) is 8.03. The predicted molar refractivity (Wildman–Crippen MR) is 88.9 cm³/mol. The number of nitrogens with one attached hydrogen (secondary N) is 2. The molecular formula is C18H24N2O3. The van der Waals surface area contributed by atoms with Crippen molar-refractivity contribution < 1.29 is 14.7 Å². The summed E-state index contributed by atoms with van der Waals surface area (Å²) in [5, 5.41) is 16.0. The topological polar surface area (TPSA) is 78.4 Å². The summed E-state index contributed by atoms with van der Waals surface area (Å²) >= 11 is 0. The second-order valence-corrected chi connectivity index (χ2v) is 6.05. The molecular weight excluding hydrogens is 292 g/mol. The average molecular weight is 316 g/mol. The van der Waals surface area contributed by atoms with Crippen molar-refractivity contribution in [3.8, 4) is 0 Å². The summed E-state index contributed by atoms with van der Waals surface area (Å²) in [7, 11) is 0. The third kappa shape index (κ3) is 4.93. The van der Waals surface area contributed by atoms with Crippen LogP contribution in [-0.4, -0.2) is 29.1 Å². The largest absolute Gasteiger partial charge is 0.388 e. The molecule has 5 nitrogen and oxygen atoms in total. The predicted octanol–water partition coefficient (Wildman–Crippen LogP) is 1.91. The minimum Gasteiger partial charge on any atom is -0.388 e. The summed E-state index contributed by atoms with van der Waals surface area (Å²) in [6, 6.07) is 7.12. The van der Waals surface area contributed by atoms with E-state index in [0.29, 0.717) is 5.56 Å². The Balaban J connectivity index is 1.98. The van der Waals surface area contributed by atoms with Crippen molar-refractivity contribution in [1.82, 2.24) is 10.6 Å². The van der Waals surface area contributed by atoms with Gasteiger partial charge in [0.1, 0.15) is 0 Å². The molecule has 0 atom stereocenters. The van der Waals surface area contributed by atoms with Crippen LogP contribution < -0.4 is 10.6 Å². The normalized spacial score (nSPS) is 16.4. The number of amides is 2. The molecule has 0 unspecified atom stereocenters. The van der Waals surface area contributed by atoms with E-state index in [4.69, 9.17) is 0 Å². The van der Waals surface area contributed by atoms with E-state index in [1.54, 1.807) is 18.2 Å². The number of hydrogen-bond acceptors (Lipinski definition) is 3. The Morgan fingerprint density at radius 1 is 1.17 bits per heavy atom. The molecule has 2 rings (SSSR count). The number of hydrogen-bond donors (Lipinski definition) is 3. The van der Waals surface area contributed by atoms with Gasteiger partial charge in [0.2, 0.25) is 5.91 Å². The Morgan fingerprint density at radius 3 is 2.57 bits per heavy atom. The second-order valence-electron chi connectivity index (χ2n) is 6.05. The highest BCUT2D eigenvalue weighted by Crippen LogP contribution is 2.27. The number of carbonyl (C=O) groups is 2. The van der Waals surface area contributed by atoms with Crippen LogP contribution in [0.3, 0.4) is 0 Å². The van der Waals surface area contributed by atoms with E-state index in [2.05, 4.69) is 17.2 Å². The minimum absolute atomic E-state index is 0.229. The molecule has 124 valence electrons. The molecule has 0 saturated heterocycles. The van der Waals surface area contributed by atoms with Gasteiger partial charge in [-0.25, -0.2) is 0 Å². The molecule has 1 aliphatic carbocycles. The lowest BCUT2D eigenvalue weighted by Crippen LogP contribution is -2.44. The van der Waals surface area contributed by atoms with Gasteiger partial charge in [-0.2, -0.15) is 0 Å². The van der Waals surface area contributed by atoms with Gasteiger partial charge in [-0.05, 0) is 30.5 Å². The third-order valence-corrected chi connectivity index (χ3v) is 4.26. The molecule has 1 aliphatic rings. The molecule has 0 aliphatic heterocycles. The molecule has 23 heavy (non-hydrogen) atoms. The van der Waals surface area contributed by atoms with Crippen molar-refractivity contribution in [2.24, 2.45) is 0 Å². The highest BCUT2D eigenvalue weighted by molar-refractivity contribution is 5.96. The van der Waals surface area contributed by atoms with Crippen LogP contribution in [0.15, 0.2) is 36.9 Å². The molecule has 1 aromatic rings. The monoisotopic (exact) mass is 316 g/mol. The Hall–Kier alpha value is -2.14. The Morgan fingerprint density at radius 2 is 1.87 bits per heavy atom. The van der Waals surface area contributed by atoms with E-state index in [-0.39, 0.29) is 24.9 Å². The van der Waals surface area contributed by atoms with Crippen molar-refractivity contribution in [3.63, 3.8) is 0 Å². The fourth-order valence-corrected chi connectivity index (χ4v) is 2.88. The molecule has 3 N–H and O–H groups in total. The molecule has 0 bridgehead atoms. The minimum atomic E-state index is -0.792. The maximum Gasteiger partial charge on any atom is 0.251 e. The lowest BCUT2D eigenvalue weighted by molar-refractivity contribution is -0.116. The van der Waals surface area contributed by atoms with E-state index in [0.717, 1.165) is 37.7 Å². The first-order chi connectivity index (χ1) is 11.0. The lowest BCUT2D eigenvalue weighted by Gasteiger charge is -2.32. The van der Waals surface area contributed by atoms with Crippen LogP contribution in [0.5, 0.6) is 0 Å². The number of aliphatic hydroxyl groups is 1. The Kier molecular flexibility index (Phi) is 5.93. The van der Waals surface area contributed by atoms with Crippen molar-refractivity contribution in [2.45, 2.75) is 44.2 Å². The van der Waals surface area contributed by atoms with Crippen LogP contribution in [0.4, 0.5) is 0 Å². The van der Waals surface area contributed by atoms with Crippen LogP contribution in [0.2, 0.25) is 0 Å². The van der Waals surface area contributed by atoms with Crippen molar-refractivity contribution >= 4 is 11.8 Å². The fourth-order valence-electron chi connectivity index (χ4n) is 2.88. The quantitative estimate of drug-likeness (QED) is 0.702. The second kappa shape index (κ2) is 7.92. The van der Waals surface area contributed by atoms with Gasteiger partial charge in [0.15, 0.2) is 0 Å². The summed E-state index contributed by atoms with van der Waals surface area (Å²) in [5.74, 6) is -0.510. The zero-order chi connectivity index (χ0) is 16.7. The maximum atomic E-state index is 12.4. The highest BCUT2D eigenvalue weighted by atomic mass is 16.3. The standard InChI is InChI=1S/C18H24N2O3/c1-2-16(21)19-12-14-8-4-5-9-15(14)17(22)20-13-18(23)10-6-3-7-11-18/h2,4-5,8-9,23H,1,3,6-7,10-13H2,(H,19,21)(H,20,22). The van der Waals surface area contributed by atoms with Crippen LogP contribution >= 0.6 is 0 Å². The van der Waals surface area contributed by atoms with Gasteiger partial charge in [-0.3, -0.25) is 9.59 Å². The molecule has 1 saturated carbocycles. The first kappa shape index (κ1) is 17.2. The van der Waals surface area contributed by atoms with E-state index < -0.39 is 5.60 Å².